The maximum Gasteiger partial charge on any atom is 0.338 e. The van der Waals surface area contributed by atoms with E-state index in [2.05, 4.69) is 15.9 Å². The lowest BCUT2D eigenvalue weighted by Crippen LogP contribution is -2.65. The Morgan fingerprint density at radius 1 is 0.380 bits per heavy atom. The molecule has 2 fully saturated rings. The minimum absolute atomic E-state index is 0.0887. The van der Waals surface area contributed by atoms with E-state index in [9.17, 15) is 28.8 Å². The lowest BCUT2D eigenvalue weighted by molar-refractivity contribution is -0.330. The molecule has 6 aromatic carbocycles. The SMILES string of the molecule is CC1C(OC(=O)c2ccccc2)C(Br)OC(COC(=O)c2ccccc2)C1OC1OC(COC(=O)c2ccccc2)C(OC(=O)c2ccccc2)C(OC(=O)c2ccccc2)C1OC(=O)c1ccccc1. The Bertz CT molecular complexity index is 2730. The van der Waals surface area contributed by atoms with E-state index in [4.69, 9.17) is 42.6 Å². The van der Waals surface area contributed by atoms with Gasteiger partial charge in [-0.05, 0) is 72.8 Å². The number of carbonyl (C=O) groups excluding carboxylic acids is 6. The van der Waals surface area contributed by atoms with Gasteiger partial charge in [0.15, 0.2) is 24.6 Å². The molecule has 0 saturated carbocycles. The first kappa shape index (κ1) is 49.9. The maximum absolute atomic E-state index is 14.3. The minimum Gasteiger partial charge on any atom is -0.459 e. The van der Waals surface area contributed by atoms with Crippen molar-refractivity contribution in [3.8, 4) is 0 Å². The molecule has 0 radical (unpaired) electrons. The Labute approximate surface area is 416 Å². The third-order valence-corrected chi connectivity index (χ3v) is 12.4. The summed E-state index contributed by atoms with van der Waals surface area (Å²) < 4.78 is 56.3. The summed E-state index contributed by atoms with van der Waals surface area (Å²) in [7, 11) is 0. The number of alkyl halides is 1. The van der Waals surface area contributed by atoms with E-state index < -0.39 is 109 Å². The van der Waals surface area contributed by atoms with E-state index >= 15 is 0 Å². The van der Waals surface area contributed by atoms with Crippen LogP contribution in [0.25, 0.3) is 0 Å². The molecule has 2 saturated heterocycles. The van der Waals surface area contributed by atoms with Gasteiger partial charge in [0.25, 0.3) is 0 Å². The summed E-state index contributed by atoms with van der Waals surface area (Å²) in [5.74, 6) is -5.65. The Morgan fingerprint density at radius 2 is 0.676 bits per heavy atom. The largest absolute Gasteiger partial charge is 0.459 e. The Kier molecular flexibility index (Phi) is 16.8. The first-order valence-electron chi connectivity index (χ1n) is 22.6. The first-order chi connectivity index (χ1) is 34.5. The molecule has 364 valence electrons. The van der Waals surface area contributed by atoms with Crippen LogP contribution in [0, 0.1) is 5.92 Å². The molecule has 2 aliphatic rings. The predicted octanol–water partition coefficient (Wildman–Crippen LogP) is 8.47. The van der Waals surface area contributed by atoms with Gasteiger partial charge in [0.05, 0.1) is 39.5 Å². The van der Waals surface area contributed by atoms with Crippen molar-refractivity contribution in [2.24, 2.45) is 5.92 Å². The van der Waals surface area contributed by atoms with Gasteiger partial charge in [-0.1, -0.05) is 132 Å². The van der Waals surface area contributed by atoms with Crippen LogP contribution in [0.1, 0.15) is 69.1 Å². The molecule has 2 aliphatic heterocycles. The lowest BCUT2D eigenvalue weighted by atomic mass is 9.90. The molecule has 0 N–H and O–H groups in total. The highest BCUT2D eigenvalue weighted by molar-refractivity contribution is 9.09. The summed E-state index contributed by atoms with van der Waals surface area (Å²) in [6.45, 7) is 0.683. The average molecular weight is 1030 g/mol. The normalized spacial score (nSPS) is 23.7. The van der Waals surface area contributed by atoms with Gasteiger partial charge in [-0.3, -0.25) is 0 Å². The fraction of sp³-hybridized carbons (Fsp3) is 0.236. The van der Waals surface area contributed by atoms with E-state index in [1.54, 1.807) is 153 Å². The number of hydrogen-bond acceptors (Lipinski definition) is 15. The molecule has 15 nitrogen and oxygen atoms in total. The summed E-state index contributed by atoms with van der Waals surface area (Å²) >= 11 is 3.53. The second-order valence-electron chi connectivity index (χ2n) is 16.4. The topological polar surface area (TPSA) is 185 Å². The number of ether oxygens (including phenoxy) is 9. The highest BCUT2D eigenvalue weighted by Gasteiger charge is 2.56. The summed E-state index contributed by atoms with van der Waals surface area (Å²) in [5, 5.41) is -0.976. The summed E-state index contributed by atoms with van der Waals surface area (Å²) in [6.07, 6.45) is -11.9. The van der Waals surface area contributed by atoms with Crippen molar-refractivity contribution in [3.63, 3.8) is 0 Å². The number of rotatable bonds is 16. The van der Waals surface area contributed by atoms with E-state index in [0.29, 0.717) is 0 Å². The highest BCUT2D eigenvalue weighted by Crippen LogP contribution is 2.38. The van der Waals surface area contributed by atoms with E-state index in [1.807, 2.05) is 0 Å². The average Bonchev–Trinajstić information content (AvgIpc) is 3.42. The standard InChI is InChI=1S/C55H47BrO15/c1-34-43(41(32-63-49(57)35-20-8-2-9-21-35)65-48(56)44(34)67-51(59)37-24-12-4-13-25-37)71-55-47(70-54(62)40-30-18-7-19-31-40)46(69-53(61)39-28-16-6-17-29-39)45(68-52(60)38-26-14-5-15-27-38)42(66-55)33-64-50(58)36-22-10-3-11-23-36/h2-31,34,41-48,55H,32-33H2,1H3. The second kappa shape index (κ2) is 23.9. The van der Waals surface area contributed by atoms with E-state index in [1.165, 1.54) is 36.4 Å². The molecule has 0 aliphatic carbocycles. The molecule has 0 spiro atoms. The molecular formula is C55H47BrO15. The van der Waals surface area contributed by atoms with Crippen LogP contribution in [-0.2, 0) is 42.6 Å². The summed E-state index contributed by atoms with van der Waals surface area (Å²) in [6, 6.07) is 48.5. The first-order valence-corrected chi connectivity index (χ1v) is 23.5. The fourth-order valence-corrected chi connectivity index (χ4v) is 8.83. The molecule has 10 atom stereocenters. The van der Waals surface area contributed by atoms with Crippen LogP contribution in [0.4, 0.5) is 0 Å². The quantitative estimate of drug-likeness (QED) is 0.0510. The monoisotopic (exact) mass is 1030 g/mol. The van der Waals surface area contributed by atoms with Gasteiger partial charge in [-0.2, -0.15) is 0 Å². The third kappa shape index (κ3) is 12.6. The molecule has 0 amide bonds. The van der Waals surface area contributed by atoms with Gasteiger partial charge < -0.3 is 42.6 Å². The van der Waals surface area contributed by atoms with Crippen LogP contribution in [0.3, 0.4) is 0 Å². The molecule has 71 heavy (non-hydrogen) atoms. The molecule has 2 heterocycles. The zero-order chi connectivity index (χ0) is 49.7. The van der Waals surface area contributed by atoms with Crippen LogP contribution in [0.15, 0.2) is 182 Å². The van der Waals surface area contributed by atoms with Crippen LogP contribution >= 0.6 is 15.9 Å². The molecule has 0 aromatic heterocycles. The van der Waals surface area contributed by atoms with E-state index in [-0.39, 0.29) is 33.4 Å². The van der Waals surface area contributed by atoms with Gasteiger partial charge in [0, 0.05) is 5.92 Å². The van der Waals surface area contributed by atoms with Gasteiger partial charge in [-0.25, -0.2) is 28.8 Å². The highest BCUT2D eigenvalue weighted by atomic mass is 79.9. The van der Waals surface area contributed by atoms with Gasteiger partial charge in [0.1, 0.15) is 36.5 Å². The van der Waals surface area contributed by atoms with Gasteiger partial charge in [-0.15, -0.1) is 0 Å². The Balaban J connectivity index is 1.21. The number of carbonyl (C=O) groups is 6. The molecule has 8 rings (SSSR count). The lowest BCUT2D eigenvalue weighted by Gasteiger charge is -2.48. The number of halogens is 1. The van der Waals surface area contributed by atoms with Crippen LogP contribution < -0.4 is 0 Å². The number of hydrogen-bond donors (Lipinski definition) is 0. The van der Waals surface area contributed by atoms with Crippen molar-refractivity contribution in [1.29, 1.82) is 0 Å². The smallest absolute Gasteiger partial charge is 0.338 e. The molecule has 0 bridgehead atoms. The maximum atomic E-state index is 14.3. The number of esters is 6. The summed E-state index contributed by atoms with van der Waals surface area (Å²) in [5.41, 5.74) is 0.994. The minimum atomic E-state index is -1.77. The zero-order valence-electron chi connectivity index (χ0n) is 38.0. The van der Waals surface area contributed by atoms with Gasteiger partial charge >= 0.3 is 35.8 Å². The fourth-order valence-electron chi connectivity index (χ4n) is 7.97. The van der Waals surface area contributed by atoms with Gasteiger partial charge in [0.2, 0.25) is 0 Å². The zero-order valence-corrected chi connectivity index (χ0v) is 39.6. The third-order valence-electron chi connectivity index (χ3n) is 11.6. The van der Waals surface area contributed by atoms with Crippen molar-refractivity contribution in [3.05, 3.63) is 215 Å². The molecular weight excluding hydrogens is 980 g/mol. The molecule has 16 heteroatoms. The van der Waals surface area contributed by atoms with Crippen LogP contribution in [-0.4, -0.2) is 103 Å². The van der Waals surface area contributed by atoms with Crippen LogP contribution in [0.5, 0.6) is 0 Å². The number of benzene rings is 6. The molecule has 6 aromatic rings. The van der Waals surface area contributed by atoms with Crippen molar-refractivity contribution in [1.82, 2.24) is 0 Å². The second-order valence-corrected chi connectivity index (χ2v) is 17.3. The molecule has 10 unspecified atom stereocenters. The predicted molar refractivity (Wildman–Crippen MR) is 256 cm³/mol. The van der Waals surface area contributed by atoms with Crippen molar-refractivity contribution in [2.75, 3.05) is 13.2 Å². The van der Waals surface area contributed by atoms with Crippen molar-refractivity contribution >= 4 is 51.7 Å². The summed E-state index contributed by atoms with van der Waals surface area (Å²) in [4.78, 5) is 83.1. The van der Waals surface area contributed by atoms with Crippen molar-refractivity contribution in [2.45, 2.75) is 61.0 Å². The van der Waals surface area contributed by atoms with Crippen LogP contribution in [0.2, 0.25) is 0 Å². The van der Waals surface area contributed by atoms with Crippen molar-refractivity contribution < 1.29 is 71.4 Å². The Hall–Kier alpha value is -7.50. The van der Waals surface area contributed by atoms with E-state index in [0.717, 1.165) is 0 Å². The Morgan fingerprint density at radius 3 is 1.04 bits per heavy atom.